The minimum atomic E-state index is -1.16. The maximum Gasteiger partial charge on any atom is 0.183 e. The number of benzene rings is 1. The molecule has 0 aliphatic carbocycles. The lowest BCUT2D eigenvalue weighted by molar-refractivity contribution is 0.509. The summed E-state index contributed by atoms with van der Waals surface area (Å²) in [6.45, 7) is 3.52. The van der Waals surface area contributed by atoms with Crippen LogP contribution in [0.2, 0.25) is 0 Å². The van der Waals surface area contributed by atoms with E-state index in [1.54, 1.807) is 6.07 Å². The van der Waals surface area contributed by atoms with Crippen LogP contribution < -0.4 is 5.32 Å². The minimum absolute atomic E-state index is 0.0479. The molecule has 0 saturated heterocycles. The van der Waals surface area contributed by atoms with Gasteiger partial charge in [0.2, 0.25) is 0 Å². The predicted molar refractivity (Wildman–Crippen MR) is 54.6 cm³/mol. The number of nitrogens with one attached hydrogen (secondary N) is 1. The van der Waals surface area contributed by atoms with Crippen LogP contribution in [0.4, 0.5) is 14.5 Å². The van der Waals surface area contributed by atoms with E-state index in [1.807, 2.05) is 0 Å². The van der Waals surface area contributed by atoms with E-state index in [2.05, 4.69) is 11.9 Å². The Bertz CT molecular complexity index is 438. The molecule has 1 aromatic rings. The smallest absolute Gasteiger partial charge is 0.183 e. The van der Waals surface area contributed by atoms with Gasteiger partial charge in [0, 0.05) is 5.03 Å². The third kappa shape index (κ3) is 2.67. The summed E-state index contributed by atoms with van der Waals surface area (Å²) in [5, 5.41) is 11.3. The number of anilines is 1. The van der Waals surface area contributed by atoms with Gasteiger partial charge in [0.25, 0.3) is 0 Å². The Morgan fingerprint density at radius 1 is 1.47 bits per heavy atom. The number of halogens is 3. The Balaban J connectivity index is 2.98. The molecule has 0 unspecified atom stereocenters. The van der Waals surface area contributed by atoms with Crippen LogP contribution in [0.25, 0.3) is 0 Å². The average Bonchev–Trinajstić information content (AvgIpc) is 2.20. The number of rotatable bonds is 3. The van der Waals surface area contributed by atoms with Crippen molar-refractivity contribution < 1.29 is 8.78 Å². The molecule has 0 amide bonds. The Kier molecular flexibility index (Phi) is 3.64. The van der Waals surface area contributed by atoms with Crippen LogP contribution >= 0.6 is 11.6 Å². The number of nitriles is 1. The zero-order chi connectivity index (χ0) is 11.4. The molecule has 5 heteroatoms. The Labute approximate surface area is 90.8 Å². The SMILES string of the molecule is C=C(Cl)CNc1ccc(C#N)c(F)c1F. The molecule has 0 aliphatic rings. The van der Waals surface area contributed by atoms with Crippen LogP contribution in [0.15, 0.2) is 23.7 Å². The van der Waals surface area contributed by atoms with Gasteiger partial charge < -0.3 is 5.32 Å². The lowest BCUT2D eigenvalue weighted by Crippen LogP contribution is -2.05. The zero-order valence-electron chi connectivity index (χ0n) is 7.65. The minimum Gasteiger partial charge on any atom is -0.378 e. The topological polar surface area (TPSA) is 35.8 Å². The molecule has 1 aromatic carbocycles. The molecule has 0 fully saturated rings. The van der Waals surface area contributed by atoms with Crippen molar-refractivity contribution in [1.29, 1.82) is 5.26 Å². The second-order valence-corrected chi connectivity index (χ2v) is 3.31. The molecule has 1 N–H and O–H groups in total. The Morgan fingerprint density at radius 2 is 2.13 bits per heavy atom. The summed E-state index contributed by atoms with van der Waals surface area (Å²) in [4.78, 5) is 0. The molecule has 0 atom stereocenters. The maximum absolute atomic E-state index is 13.2. The summed E-state index contributed by atoms with van der Waals surface area (Å²) >= 11 is 5.45. The van der Waals surface area contributed by atoms with Crippen molar-refractivity contribution in [2.75, 3.05) is 11.9 Å². The fraction of sp³-hybridized carbons (Fsp3) is 0.100. The summed E-state index contributed by atoms with van der Waals surface area (Å²) in [5.41, 5.74) is -0.379. The molecule has 15 heavy (non-hydrogen) atoms. The molecule has 1 rings (SSSR count). The normalized spacial score (nSPS) is 9.47. The fourth-order valence-electron chi connectivity index (χ4n) is 0.963. The first-order valence-electron chi connectivity index (χ1n) is 4.01. The first-order chi connectivity index (χ1) is 7.06. The van der Waals surface area contributed by atoms with Gasteiger partial charge in [-0.1, -0.05) is 18.2 Å². The molecular weight excluding hydrogens is 222 g/mol. The van der Waals surface area contributed by atoms with Crippen molar-refractivity contribution in [1.82, 2.24) is 0 Å². The number of hydrogen-bond acceptors (Lipinski definition) is 2. The molecular formula is C10H7ClF2N2. The van der Waals surface area contributed by atoms with E-state index in [0.29, 0.717) is 0 Å². The van der Waals surface area contributed by atoms with E-state index in [-0.39, 0.29) is 22.8 Å². The highest BCUT2D eigenvalue weighted by molar-refractivity contribution is 6.29. The highest BCUT2D eigenvalue weighted by atomic mass is 35.5. The first-order valence-corrected chi connectivity index (χ1v) is 4.39. The molecule has 0 radical (unpaired) electrons. The van der Waals surface area contributed by atoms with Gasteiger partial charge in [-0.25, -0.2) is 8.78 Å². The van der Waals surface area contributed by atoms with Crippen molar-refractivity contribution in [2.24, 2.45) is 0 Å². The van der Waals surface area contributed by atoms with E-state index in [4.69, 9.17) is 16.9 Å². The second kappa shape index (κ2) is 4.76. The van der Waals surface area contributed by atoms with Crippen molar-refractivity contribution in [3.63, 3.8) is 0 Å². The van der Waals surface area contributed by atoms with Gasteiger partial charge in [0.05, 0.1) is 17.8 Å². The largest absolute Gasteiger partial charge is 0.378 e. The van der Waals surface area contributed by atoms with Crippen molar-refractivity contribution in [3.8, 4) is 6.07 Å². The van der Waals surface area contributed by atoms with Gasteiger partial charge in [-0.15, -0.1) is 0 Å². The molecule has 0 aromatic heterocycles. The monoisotopic (exact) mass is 228 g/mol. The van der Waals surface area contributed by atoms with E-state index >= 15 is 0 Å². The average molecular weight is 229 g/mol. The number of nitrogens with zero attached hydrogens (tertiary/aromatic N) is 1. The molecule has 0 spiro atoms. The van der Waals surface area contributed by atoms with Gasteiger partial charge >= 0.3 is 0 Å². The Hall–Kier alpha value is -1.60. The van der Waals surface area contributed by atoms with Gasteiger partial charge in [0.1, 0.15) is 6.07 Å². The molecule has 78 valence electrons. The van der Waals surface area contributed by atoms with Crippen molar-refractivity contribution in [3.05, 3.63) is 40.9 Å². The van der Waals surface area contributed by atoms with Gasteiger partial charge in [-0.3, -0.25) is 0 Å². The van der Waals surface area contributed by atoms with E-state index in [0.717, 1.165) is 0 Å². The molecule has 0 bridgehead atoms. The lowest BCUT2D eigenvalue weighted by Gasteiger charge is -2.07. The second-order valence-electron chi connectivity index (χ2n) is 2.77. The van der Waals surface area contributed by atoms with Crippen molar-refractivity contribution in [2.45, 2.75) is 0 Å². The summed E-state index contributed by atoms with van der Waals surface area (Å²) in [6.07, 6.45) is 0. The van der Waals surface area contributed by atoms with Gasteiger partial charge in [-0.05, 0) is 12.1 Å². The van der Waals surface area contributed by atoms with Crippen LogP contribution in [0.5, 0.6) is 0 Å². The summed E-state index contributed by atoms with van der Waals surface area (Å²) in [7, 11) is 0. The highest BCUT2D eigenvalue weighted by Crippen LogP contribution is 2.20. The van der Waals surface area contributed by atoms with Crippen LogP contribution in [-0.2, 0) is 0 Å². The first kappa shape index (κ1) is 11.5. The van der Waals surface area contributed by atoms with Gasteiger partial charge in [-0.2, -0.15) is 5.26 Å². The Morgan fingerprint density at radius 3 is 2.67 bits per heavy atom. The summed E-state index contributed by atoms with van der Waals surface area (Å²) in [6, 6.07) is 4.01. The summed E-state index contributed by atoms with van der Waals surface area (Å²) < 4.78 is 26.3. The van der Waals surface area contributed by atoms with Crippen LogP contribution in [0, 0.1) is 23.0 Å². The third-order valence-electron chi connectivity index (χ3n) is 1.67. The third-order valence-corrected chi connectivity index (χ3v) is 1.81. The van der Waals surface area contributed by atoms with Crippen LogP contribution in [0.3, 0.4) is 0 Å². The quantitative estimate of drug-likeness (QED) is 0.863. The van der Waals surface area contributed by atoms with Crippen molar-refractivity contribution >= 4 is 17.3 Å². The van der Waals surface area contributed by atoms with E-state index < -0.39 is 11.6 Å². The molecule has 0 saturated carbocycles. The van der Waals surface area contributed by atoms with Gasteiger partial charge in [0.15, 0.2) is 11.6 Å². The standard InChI is InChI=1S/C10H7ClF2N2/c1-6(11)5-15-8-3-2-7(4-14)9(12)10(8)13/h2-3,15H,1,5H2. The molecule has 0 heterocycles. The lowest BCUT2D eigenvalue weighted by atomic mass is 10.2. The van der Waals surface area contributed by atoms with Crippen LogP contribution in [-0.4, -0.2) is 6.54 Å². The number of hydrogen-bond donors (Lipinski definition) is 1. The molecule has 0 aliphatic heterocycles. The fourth-order valence-corrected chi connectivity index (χ4v) is 1.03. The predicted octanol–water partition coefficient (Wildman–Crippen LogP) is 3.00. The van der Waals surface area contributed by atoms with Crippen LogP contribution in [0.1, 0.15) is 5.56 Å². The van der Waals surface area contributed by atoms with E-state index in [9.17, 15) is 8.78 Å². The highest BCUT2D eigenvalue weighted by Gasteiger charge is 2.12. The summed E-state index contributed by atoms with van der Waals surface area (Å²) in [5.74, 6) is -2.25. The zero-order valence-corrected chi connectivity index (χ0v) is 8.41. The molecule has 2 nitrogen and oxygen atoms in total. The van der Waals surface area contributed by atoms with E-state index in [1.165, 1.54) is 12.1 Å². The maximum atomic E-state index is 13.2.